The van der Waals surface area contributed by atoms with Gasteiger partial charge in [0.2, 0.25) is 0 Å². The molecule has 1 saturated heterocycles. The molecular weight excluding hydrogens is 288 g/mol. The van der Waals surface area contributed by atoms with E-state index in [9.17, 15) is 0 Å². The lowest BCUT2D eigenvalue weighted by Crippen LogP contribution is -2.29. The molecule has 1 atom stereocenters. The maximum absolute atomic E-state index is 5.77. The van der Waals surface area contributed by atoms with Crippen LogP contribution >= 0.6 is 27.5 Å². The van der Waals surface area contributed by atoms with Gasteiger partial charge in [0.05, 0.1) is 10.2 Å². The number of aromatic nitrogens is 1. The van der Waals surface area contributed by atoms with Crippen molar-refractivity contribution in [2.45, 2.75) is 31.7 Å². The zero-order chi connectivity index (χ0) is 11.4. The summed E-state index contributed by atoms with van der Waals surface area (Å²) in [6.07, 6.45) is 8.58. The van der Waals surface area contributed by atoms with Crippen molar-refractivity contribution in [3.63, 3.8) is 0 Å². The topological polar surface area (TPSA) is 16.1 Å². The Morgan fingerprint density at radius 1 is 1.56 bits per heavy atom. The number of halogens is 2. The van der Waals surface area contributed by atoms with Gasteiger partial charge in [-0.25, -0.2) is 0 Å². The Kier molecular flexibility index (Phi) is 4.47. The molecule has 0 amide bonds. The van der Waals surface area contributed by atoms with Gasteiger partial charge in [-0.15, -0.1) is 11.6 Å². The minimum absolute atomic E-state index is 0.650. The molecule has 0 spiro atoms. The highest BCUT2D eigenvalue weighted by Gasteiger charge is 2.25. The molecule has 1 aliphatic rings. The summed E-state index contributed by atoms with van der Waals surface area (Å²) in [6.45, 7) is 1.15. The van der Waals surface area contributed by atoms with Crippen LogP contribution in [0, 0.1) is 0 Å². The van der Waals surface area contributed by atoms with Crippen molar-refractivity contribution in [2.75, 3.05) is 17.3 Å². The van der Waals surface area contributed by atoms with Crippen LogP contribution in [0.1, 0.15) is 25.7 Å². The fourth-order valence-electron chi connectivity index (χ4n) is 2.37. The highest BCUT2D eigenvalue weighted by Crippen LogP contribution is 2.32. The minimum atomic E-state index is 0.650. The van der Waals surface area contributed by atoms with Crippen LogP contribution in [0.2, 0.25) is 0 Å². The first-order valence-corrected chi connectivity index (χ1v) is 7.08. The summed E-state index contributed by atoms with van der Waals surface area (Å²) < 4.78 is 1.09. The zero-order valence-corrected chi connectivity index (χ0v) is 11.5. The summed E-state index contributed by atoms with van der Waals surface area (Å²) in [5.74, 6) is 0.766. The van der Waals surface area contributed by atoms with Crippen LogP contribution in [-0.2, 0) is 0 Å². The van der Waals surface area contributed by atoms with E-state index in [1.807, 2.05) is 12.4 Å². The number of alkyl halides is 1. The van der Waals surface area contributed by atoms with E-state index in [0.717, 1.165) is 23.3 Å². The maximum atomic E-state index is 5.77. The zero-order valence-electron chi connectivity index (χ0n) is 9.20. The first kappa shape index (κ1) is 12.2. The van der Waals surface area contributed by atoms with Gasteiger partial charge in [-0.3, -0.25) is 4.98 Å². The van der Waals surface area contributed by atoms with Crippen LogP contribution in [0.25, 0.3) is 0 Å². The number of nitrogens with zero attached hydrogens (tertiary/aromatic N) is 2. The minimum Gasteiger partial charge on any atom is -0.368 e. The standard InChI is InChI=1S/C12H16BrClN2/c13-11-9-15-7-5-12(11)16-8-2-4-10(16)3-1-6-14/h5,7,9-10H,1-4,6,8H2. The Labute approximate surface area is 110 Å². The highest BCUT2D eigenvalue weighted by atomic mass is 79.9. The summed E-state index contributed by atoms with van der Waals surface area (Å²) >= 11 is 9.34. The Morgan fingerprint density at radius 3 is 3.19 bits per heavy atom. The lowest BCUT2D eigenvalue weighted by Gasteiger charge is -2.27. The first-order valence-electron chi connectivity index (χ1n) is 5.75. The normalized spacial score (nSPS) is 20.4. The van der Waals surface area contributed by atoms with E-state index < -0.39 is 0 Å². The van der Waals surface area contributed by atoms with Crippen molar-refractivity contribution in [3.8, 4) is 0 Å². The van der Waals surface area contributed by atoms with Crippen LogP contribution < -0.4 is 4.90 Å². The summed E-state index contributed by atoms with van der Waals surface area (Å²) in [5, 5.41) is 0. The number of anilines is 1. The molecule has 1 fully saturated rings. The molecule has 16 heavy (non-hydrogen) atoms. The summed E-state index contributed by atoms with van der Waals surface area (Å²) in [5.41, 5.74) is 1.27. The molecular formula is C12H16BrClN2. The van der Waals surface area contributed by atoms with Crippen LogP contribution in [0.4, 0.5) is 5.69 Å². The van der Waals surface area contributed by atoms with Gasteiger partial charge in [0.25, 0.3) is 0 Å². The van der Waals surface area contributed by atoms with Gasteiger partial charge >= 0.3 is 0 Å². The van der Waals surface area contributed by atoms with Crippen LogP contribution in [-0.4, -0.2) is 23.5 Å². The fraction of sp³-hybridized carbons (Fsp3) is 0.583. The van der Waals surface area contributed by atoms with Gasteiger partial charge < -0.3 is 4.90 Å². The van der Waals surface area contributed by atoms with Gasteiger partial charge in [0, 0.05) is 30.9 Å². The van der Waals surface area contributed by atoms with E-state index in [-0.39, 0.29) is 0 Å². The molecule has 0 N–H and O–H groups in total. The lowest BCUT2D eigenvalue weighted by molar-refractivity contribution is 0.601. The number of pyridine rings is 1. The third-order valence-electron chi connectivity index (χ3n) is 3.11. The van der Waals surface area contributed by atoms with E-state index in [4.69, 9.17) is 11.6 Å². The molecule has 2 rings (SSSR count). The second-order valence-electron chi connectivity index (χ2n) is 4.15. The van der Waals surface area contributed by atoms with Gasteiger partial charge in [0.1, 0.15) is 0 Å². The van der Waals surface area contributed by atoms with E-state index >= 15 is 0 Å². The van der Waals surface area contributed by atoms with Gasteiger partial charge in [-0.2, -0.15) is 0 Å². The van der Waals surface area contributed by atoms with Crippen molar-refractivity contribution >= 4 is 33.2 Å². The summed E-state index contributed by atoms with van der Waals surface area (Å²) in [4.78, 5) is 6.59. The van der Waals surface area contributed by atoms with Crippen molar-refractivity contribution in [1.82, 2.24) is 4.98 Å². The molecule has 2 heterocycles. The average molecular weight is 304 g/mol. The fourth-order valence-corrected chi connectivity index (χ4v) is 3.00. The predicted molar refractivity (Wildman–Crippen MR) is 72.3 cm³/mol. The molecule has 0 radical (unpaired) electrons. The third-order valence-corrected chi connectivity index (χ3v) is 3.99. The predicted octanol–water partition coefficient (Wildman–Crippen LogP) is 3.83. The molecule has 0 saturated carbocycles. The molecule has 1 aromatic rings. The molecule has 0 aromatic carbocycles. The SMILES string of the molecule is ClCCCC1CCCN1c1ccncc1Br. The molecule has 2 nitrogen and oxygen atoms in total. The van der Waals surface area contributed by atoms with E-state index in [2.05, 4.69) is 31.9 Å². The monoisotopic (exact) mass is 302 g/mol. The summed E-state index contributed by atoms with van der Waals surface area (Å²) in [6, 6.07) is 2.74. The van der Waals surface area contributed by atoms with Crippen molar-refractivity contribution < 1.29 is 0 Å². The second-order valence-corrected chi connectivity index (χ2v) is 5.38. The van der Waals surface area contributed by atoms with E-state index in [0.29, 0.717) is 6.04 Å². The molecule has 1 aliphatic heterocycles. The first-order chi connectivity index (χ1) is 7.83. The highest BCUT2D eigenvalue weighted by molar-refractivity contribution is 9.10. The van der Waals surface area contributed by atoms with E-state index in [1.54, 1.807) is 0 Å². The van der Waals surface area contributed by atoms with Crippen LogP contribution in [0.5, 0.6) is 0 Å². The molecule has 0 aliphatic carbocycles. The molecule has 0 bridgehead atoms. The third kappa shape index (κ3) is 2.69. The number of hydrogen-bond donors (Lipinski definition) is 0. The molecule has 4 heteroatoms. The smallest absolute Gasteiger partial charge is 0.0592 e. The quantitative estimate of drug-likeness (QED) is 0.786. The van der Waals surface area contributed by atoms with Crippen LogP contribution in [0.15, 0.2) is 22.9 Å². The largest absolute Gasteiger partial charge is 0.368 e. The van der Waals surface area contributed by atoms with Gasteiger partial charge in [0.15, 0.2) is 0 Å². The Morgan fingerprint density at radius 2 is 2.44 bits per heavy atom. The molecule has 1 unspecified atom stereocenters. The van der Waals surface area contributed by atoms with Crippen molar-refractivity contribution in [1.29, 1.82) is 0 Å². The van der Waals surface area contributed by atoms with Crippen LogP contribution in [0.3, 0.4) is 0 Å². The summed E-state index contributed by atoms with van der Waals surface area (Å²) in [7, 11) is 0. The van der Waals surface area contributed by atoms with Crippen molar-refractivity contribution in [2.24, 2.45) is 0 Å². The molecule has 88 valence electrons. The lowest BCUT2D eigenvalue weighted by atomic mass is 10.1. The van der Waals surface area contributed by atoms with E-state index in [1.165, 1.54) is 24.9 Å². The number of rotatable bonds is 4. The van der Waals surface area contributed by atoms with Gasteiger partial charge in [-0.05, 0) is 47.7 Å². The average Bonchev–Trinajstić information content (AvgIpc) is 2.75. The maximum Gasteiger partial charge on any atom is 0.0592 e. The Hall–Kier alpha value is -0.280. The van der Waals surface area contributed by atoms with Gasteiger partial charge in [-0.1, -0.05) is 0 Å². The Bertz CT molecular complexity index is 346. The second kappa shape index (κ2) is 5.87. The Balaban J connectivity index is 2.10. The molecule has 1 aromatic heterocycles. The number of hydrogen-bond acceptors (Lipinski definition) is 2. The van der Waals surface area contributed by atoms with Crippen molar-refractivity contribution in [3.05, 3.63) is 22.9 Å².